The van der Waals surface area contributed by atoms with E-state index in [1.54, 1.807) is 13.8 Å². The van der Waals surface area contributed by atoms with Crippen molar-refractivity contribution in [1.82, 2.24) is 5.32 Å². The van der Waals surface area contributed by atoms with Crippen molar-refractivity contribution in [2.45, 2.75) is 32.2 Å². The zero-order valence-corrected chi connectivity index (χ0v) is 10.0. The van der Waals surface area contributed by atoms with Gasteiger partial charge in [0.1, 0.15) is 6.04 Å². The summed E-state index contributed by atoms with van der Waals surface area (Å²) in [6.45, 7) is 3.49. The first-order valence-electron chi connectivity index (χ1n) is 5.64. The molecule has 0 spiro atoms. The van der Waals surface area contributed by atoms with Gasteiger partial charge >= 0.3 is 5.97 Å². The molecule has 4 nitrogen and oxygen atoms in total. The number of nitrogens with one attached hydrogen (secondary N) is 1. The average Bonchev–Trinajstić information content (AvgIpc) is 2.35. The van der Waals surface area contributed by atoms with Crippen molar-refractivity contribution < 1.29 is 14.7 Å². The van der Waals surface area contributed by atoms with Crippen LogP contribution in [0.1, 0.15) is 31.7 Å². The van der Waals surface area contributed by atoms with Crippen molar-refractivity contribution in [2.24, 2.45) is 0 Å². The fourth-order valence-corrected chi connectivity index (χ4v) is 1.53. The highest BCUT2D eigenvalue weighted by Gasteiger charge is 2.21. The molecule has 1 unspecified atom stereocenters. The van der Waals surface area contributed by atoms with E-state index in [1.165, 1.54) is 0 Å². The van der Waals surface area contributed by atoms with E-state index in [9.17, 15) is 9.59 Å². The zero-order valence-electron chi connectivity index (χ0n) is 10.0. The van der Waals surface area contributed by atoms with Crippen molar-refractivity contribution >= 4 is 11.9 Å². The van der Waals surface area contributed by atoms with Crippen LogP contribution in [0, 0.1) is 0 Å². The summed E-state index contributed by atoms with van der Waals surface area (Å²) in [7, 11) is 0. The molecule has 0 aliphatic carbocycles. The SMILES string of the molecule is CCC(NC(=O)[C@H](C)c1ccccc1)C(=O)O. The van der Waals surface area contributed by atoms with Crippen LogP contribution in [0.25, 0.3) is 0 Å². The van der Waals surface area contributed by atoms with Gasteiger partial charge in [-0.05, 0) is 18.9 Å². The van der Waals surface area contributed by atoms with E-state index in [2.05, 4.69) is 5.32 Å². The number of carbonyl (C=O) groups excluding carboxylic acids is 1. The number of rotatable bonds is 5. The average molecular weight is 235 g/mol. The van der Waals surface area contributed by atoms with Crippen LogP contribution >= 0.6 is 0 Å². The maximum atomic E-state index is 11.8. The Kier molecular flexibility index (Phi) is 4.69. The Hall–Kier alpha value is -1.84. The number of amides is 1. The van der Waals surface area contributed by atoms with Gasteiger partial charge in [0.05, 0.1) is 5.92 Å². The lowest BCUT2D eigenvalue weighted by Gasteiger charge is -2.16. The minimum atomic E-state index is -0.999. The van der Waals surface area contributed by atoms with Gasteiger partial charge in [-0.15, -0.1) is 0 Å². The molecule has 0 heterocycles. The molecule has 1 amide bonds. The largest absolute Gasteiger partial charge is 0.480 e. The molecule has 1 rings (SSSR count). The first-order valence-corrected chi connectivity index (χ1v) is 5.64. The van der Waals surface area contributed by atoms with Crippen LogP contribution < -0.4 is 5.32 Å². The summed E-state index contributed by atoms with van der Waals surface area (Å²) in [6, 6.07) is 8.48. The molecular weight excluding hydrogens is 218 g/mol. The van der Waals surface area contributed by atoms with Crippen molar-refractivity contribution in [3.05, 3.63) is 35.9 Å². The summed E-state index contributed by atoms with van der Waals surface area (Å²) in [6.07, 6.45) is 0.378. The third-order valence-electron chi connectivity index (χ3n) is 2.72. The van der Waals surface area contributed by atoms with Gasteiger partial charge in [-0.25, -0.2) is 4.79 Å². The number of carbonyl (C=O) groups is 2. The van der Waals surface area contributed by atoms with Crippen molar-refractivity contribution in [2.75, 3.05) is 0 Å². The number of carboxylic acid groups (broad SMARTS) is 1. The van der Waals surface area contributed by atoms with E-state index in [0.29, 0.717) is 6.42 Å². The minimum absolute atomic E-state index is 0.259. The first-order chi connectivity index (χ1) is 8.06. The number of aliphatic carboxylic acids is 1. The highest BCUT2D eigenvalue weighted by Crippen LogP contribution is 2.14. The highest BCUT2D eigenvalue weighted by atomic mass is 16.4. The second-order valence-electron chi connectivity index (χ2n) is 3.94. The molecule has 0 bridgehead atoms. The third kappa shape index (κ3) is 3.59. The lowest BCUT2D eigenvalue weighted by molar-refractivity contribution is -0.142. The summed E-state index contributed by atoms with van der Waals surface area (Å²) in [5.41, 5.74) is 0.880. The van der Waals surface area contributed by atoms with Gasteiger partial charge in [0.2, 0.25) is 5.91 Å². The lowest BCUT2D eigenvalue weighted by atomic mass is 10.00. The van der Waals surface area contributed by atoms with Gasteiger partial charge < -0.3 is 10.4 Å². The smallest absolute Gasteiger partial charge is 0.326 e. The van der Waals surface area contributed by atoms with E-state index in [1.807, 2.05) is 30.3 Å². The Bertz CT molecular complexity index is 389. The second kappa shape index (κ2) is 6.03. The van der Waals surface area contributed by atoms with Crippen molar-refractivity contribution in [3.8, 4) is 0 Å². The van der Waals surface area contributed by atoms with Crippen LogP contribution in [-0.4, -0.2) is 23.0 Å². The predicted octanol–water partition coefficient (Wildman–Crippen LogP) is 1.77. The quantitative estimate of drug-likeness (QED) is 0.817. The normalized spacial score (nSPS) is 13.8. The Balaban J connectivity index is 2.68. The van der Waals surface area contributed by atoms with Gasteiger partial charge in [-0.2, -0.15) is 0 Å². The standard InChI is InChI=1S/C13H17NO3/c1-3-11(13(16)17)14-12(15)9(2)10-7-5-4-6-8-10/h4-9,11H,3H2,1-2H3,(H,14,15)(H,16,17)/t9-,11?/m1/s1. The predicted molar refractivity (Wildman–Crippen MR) is 64.7 cm³/mol. The summed E-state index contributed by atoms with van der Waals surface area (Å²) in [5, 5.41) is 11.4. The van der Waals surface area contributed by atoms with Gasteiger partial charge in [0, 0.05) is 0 Å². The molecule has 2 N–H and O–H groups in total. The first kappa shape index (κ1) is 13.2. The van der Waals surface area contributed by atoms with Gasteiger partial charge in [-0.3, -0.25) is 4.79 Å². The van der Waals surface area contributed by atoms with Crippen LogP contribution in [0.4, 0.5) is 0 Å². The zero-order chi connectivity index (χ0) is 12.8. The van der Waals surface area contributed by atoms with Gasteiger partial charge in [0.15, 0.2) is 0 Å². The molecule has 4 heteroatoms. The molecule has 0 aliphatic heterocycles. The molecule has 92 valence electrons. The van der Waals surface area contributed by atoms with Crippen LogP contribution in [0.3, 0.4) is 0 Å². The number of hydrogen-bond acceptors (Lipinski definition) is 2. The van der Waals surface area contributed by atoms with Crippen LogP contribution in [0.2, 0.25) is 0 Å². The van der Waals surface area contributed by atoms with Crippen LogP contribution in [0.15, 0.2) is 30.3 Å². The number of hydrogen-bond donors (Lipinski definition) is 2. The van der Waals surface area contributed by atoms with Crippen molar-refractivity contribution in [3.63, 3.8) is 0 Å². The third-order valence-corrected chi connectivity index (χ3v) is 2.72. The molecule has 0 saturated carbocycles. The van der Waals surface area contributed by atoms with Crippen LogP contribution in [-0.2, 0) is 9.59 Å². The summed E-state index contributed by atoms with van der Waals surface area (Å²) >= 11 is 0. The van der Waals surface area contributed by atoms with E-state index < -0.39 is 12.0 Å². The number of benzene rings is 1. The molecule has 17 heavy (non-hydrogen) atoms. The summed E-state index contributed by atoms with van der Waals surface area (Å²) in [5.74, 6) is -1.60. The molecular formula is C13H17NO3. The Morgan fingerprint density at radius 3 is 2.35 bits per heavy atom. The number of carboxylic acids is 1. The molecule has 0 aliphatic rings. The molecule has 1 aromatic carbocycles. The topological polar surface area (TPSA) is 66.4 Å². The molecule has 1 aromatic rings. The molecule has 0 fully saturated rings. The van der Waals surface area contributed by atoms with Gasteiger partial charge in [-0.1, -0.05) is 37.3 Å². The molecule has 2 atom stereocenters. The molecule has 0 radical (unpaired) electrons. The fraction of sp³-hybridized carbons (Fsp3) is 0.385. The summed E-state index contributed by atoms with van der Waals surface area (Å²) in [4.78, 5) is 22.7. The Morgan fingerprint density at radius 2 is 1.88 bits per heavy atom. The fourth-order valence-electron chi connectivity index (χ4n) is 1.53. The second-order valence-corrected chi connectivity index (χ2v) is 3.94. The van der Waals surface area contributed by atoms with E-state index in [4.69, 9.17) is 5.11 Å². The van der Waals surface area contributed by atoms with Crippen LogP contribution in [0.5, 0.6) is 0 Å². The maximum Gasteiger partial charge on any atom is 0.326 e. The highest BCUT2D eigenvalue weighted by molar-refractivity contribution is 5.87. The van der Waals surface area contributed by atoms with E-state index >= 15 is 0 Å². The van der Waals surface area contributed by atoms with E-state index in [-0.39, 0.29) is 11.8 Å². The molecule has 0 aromatic heterocycles. The monoisotopic (exact) mass is 235 g/mol. The van der Waals surface area contributed by atoms with Crippen molar-refractivity contribution in [1.29, 1.82) is 0 Å². The minimum Gasteiger partial charge on any atom is -0.480 e. The Labute approximate surface area is 101 Å². The maximum absolute atomic E-state index is 11.8. The summed E-state index contributed by atoms with van der Waals surface area (Å²) < 4.78 is 0. The van der Waals surface area contributed by atoms with E-state index in [0.717, 1.165) is 5.56 Å². The lowest BCUT2D eigenvalue weighted by Crippen LogP contribution is -2.42. The van der Waals surface area contributed by atoms with Gasteiger partial charge in [0.25, 0.3) is 0 Å². The molecule has 0 saturated heterocycles. The Morgan fingerprint density at radius 1 is 1.29 bits per heavy atom.